The number of aromatic nitrogens is 4. The van der Waals surface area contributed by atoms with E-state index in [1.807, 2.05) is 89.5 Å². The van der Waals surface area contributed by atoms with Gasteiger partial charge >= 0.3 is 0 Å². The van der Waals surface area contributed by atoms with Gasteiger partial charge in [-0.05, 0) is 87.2 Å². The van der Waals surface area contributed by atoms with E-state index in [2.05, 4.69) is 66.7 Å². The number of methoxy groups -OCH3 is 2. The van der Waals surface area contributed by atoms with Crippen LogP contribution in [0.5, 0.6) is 11.5 Å². The van der Waals surface area contributed by atoms with Gasteiger partial charge in [-0.1, -0.05) is 86.1 Å². The maximum absolute atomic E-state index is 13.2. The molecule has 62 heavy (non-hydrogen) atoms. The molecule has 14 heteroatoms. The van der Waals surface area contributed by atoms with E-state index in [0.717, 1.165) is 41.0 Å². The predicted octanol–water partition coefficient (Wildman–Crippen LogP) is 9.94. The Bertz CT molecular complexity index is 2270. The Hall–Kier alpha value is -5.27. The summed E-state index contributed by atoms with van der Waals surface area (Å²) in [5.74, 6) is 1.47. The van der Waals surface area contributed by atoms with Crippen molar-refractivity contribution < 1.29 is 32.8 Å². The van der Waals surface area contributed by atoms with Gasteiger partial charge in [0.15, 0.2) is 17.0 Å². The minimum absolute atomic E-state index is 0.135. The molecule has 0 spiro atoms. The zero-order valence-electron chi connectivity index (χ0n) is 36.5. The molecule has 13 nitrogen and oxygen atoms in total. The normalized spacial score (nSPS) is 17.2. The Morgan fingerprint density at radius 1 is 0.839 bits per heavy atom. The van der Waals surface area contributed by atoms with Gasteiger partial charge in [0.2, 0.25) is 0 Å². The van der Waals surface area contributed by atoms with E-state index in [-0.39, 0.29) is 24.6 Å². The highest BCUT2D eigenvalue weighted by atomic mass is 31.2. The molecule has 1 N–H and O–H groups in total. The van der Waals surface area contributed by atoms with Gasteiger partial charge in [0.25, 0.3) is 14.4 Å². The molecule has 0 radical (unpaired) electrons. The fourth-order valence-corrected chi connectivity index (χ4v) is 9.66. The number of ether oxygens (including phenoxy) is 4. The van der Waals surface area contributed by atoms with Gasteiger partial charge in [0.1, 0.15) is 35.8 Å². The van der Waals surface area contributed by atoms with E-state index >= 15 is 0 Å². The number of unbranched alkanes of at least 4 members (excludes halogenated alkanes) is 1. The Morgan fingerprint density at radius 2 is 1.44 bits per heavy atom. The fraction of sp³-hybridized carbons (Fsp3) is 0.375. The number of carbonyl (C=O) groups is 1. The number of hydrogen-bond donors (Lipinski definition) is 1. The molecule has 1 saturated heterocycles. The van der Waals surface area contributed by atoms with Gasteiger partial charge in [-0.2, -0.15) is 0 Å². The van der Waals surface area contributed by atoms with Gasteiger partial charge in [-0.3, -0.25) is 9.36 Å². The molecule has 1 amide bonds. The number of nitrogens with zero attached hydrogens (tertiary/aromatic N) is 5. The topological polar surface area (TPSA) is 131 Å². The largest absolute Gasteiger partial charge is 0.497 e. The average molecular weight is 861 g/mol. The zero-order chi connectivity index (χ0) is 43.6. The summed E-state index contributed by atoms with van der Waals surface area (Å²) in [4.78, 5) is 26.9. The van der Waals surface area contributed by atoms with Crippen molar-refractivity contribution in [3.05, 3.63) is 144 Å². The molecule has 6 aromatic rings. The van der Waals surface area contributed by atoms with E-state index in [9.17, 15) is 4.79 Å². The van der Waals surface area contributed by atoms with Gasteiger partial charge < -0.3 is 33.3 Å². The minimum atomic E-state index is -1.51. The molecular formula is C48H57N6O7P. The summed E-state index contributed by atoms with van der Waals surface area (Å²) in [5.41, 5.74) is 3.11. The molecule has 3 heterocycles. The molecule has 1 aliphatic heterocycles. The average Bonchev–Trinajstić information content (AvgIpc) is 3.92. The molecule has 0 saturated carbocycles. The van der Waals surface area contributed by atoms with Crippen molar-refractivity contribution in [1.82, 2.24) is 24.2 Å². The molecule has 1 fully saturated rings. The van der Waals surface area contributed by atoms with Gasteiger partial charge in [-0.15, -0.1) is 0 Å². The number of benzene rings is 4. The standard InChI is InChI=1S/C48H57N6O7P/c1-8-9-28-59-62(54(33(2)3)34(4)5)61-41-29-43(53-32-51-44-45(49-31-50-46(44)53)52-47(55)35-16-12-10-13-17-35)60-42(41)30-58-48(36-18-14-11-15-19-36,37-20-24-39(56-6)25-21-37)38-22-26-40(57-7)27-23-38/h10-27,31-34,41-43H,8-9,28-30H2,1-7H3,(H,49,50,52,55). The number of imidazole rings is 1. The second kappa shape index (κ2) is 20.7. The van der Waals surface area contributed by atoms with Crippen LogP contribution in [-0.4, -0.2) is 81.8 Å². The zero-order valence-corrected chi connectivity index (χ0v) is 37.4. The van der Waals surface area contributed by atoms with Crippen molar-refractivity contribution in [3.8, 4) is 11.5 Å². The molecule has 326 valence electrons. The van der Waals surface area contributed by atoms with Crippen LogP contribution >= 0.6 is 8.53 Å². The van der Waals surface area contributed by atoms with Crippen molar-refractivity contribution in [2.75, 3.05) is 32.8 Å². The van der Waals surface area contributed by atoms with Crippen molar-refractivity contribution in [1.29, 1.82) is 0 Å². The molecule has 4 aromatic carbocycles. The summed E-state index contributed by atoms with van der Waals surface area (Å²) in [5, 5.41) is 2.92. The number of hydrogen-bond acceptors (Lipinski definition) is 11. The van der Waals surface area contributed by atoms with E-state index in [1.54, 1.807) is 32.7 Å². The minimum Gasteiger partial charge on any atom is -0.497 e. The highest BCUT2D eigenvalue weighted by molar-refractivity contribution is 7.44. The molecule has 4 atom stereocenters. The van der Waals surface area contributed by atoms with Crippen LogP contribution in [0.1, 0.15) is 87.2 Å². The van der Waals surface area contributed by atoms with Gasteiger partial charge in [0, 0.05) is 24.1 Å². The first-order valence-corrected chi connectivity index (χ1v) is 22.4. The van der Waals surface area contributed by atoms with Crippen molar-refractivity contribution in [2.24, 2.45) is 0 Å². The number of anilines is 1. The van der Waals surface area contributed by atoms with Crippen LogP contribution in [0.3, 0.4) is 0 Å². The highest BCUT2D eigenvalue weighted by Gasteiger charge is 2.45. The molecule has 2 aromatic heterocycles. The third-order valence-corrected chi connectivity index (χ3v) is 13.1. The second-order valence-corrected chi connectivity index (χ2v) is 17.1. The molecule has 7 rings (SSSR count). The number of nitrogens with one attached hydrogen (secondary N) is 1. The Labute approximate surface area is 365 Å². The summed E-state index contributed by atoms with van der Waals surface area (Å²) >= 11 is 0. The lowest BCUT2D eigenvalue weighted by Gasteiger charge is -2.39. The summed E-state index contributed by atoms with van der Waals surface area (Å²) in [6, 6.07) is 35.4. The van der Waals surface area contributed by atoms with E-state index in [1.165, 1.54) is 6.33 Å². The summed E-state index contributed by atoms with van der Waals surface area (Å²) < 4.78 is 43.6. The maximum atomic E-state index is 13.2. The number of rotatable bonds is 20. The van der Waals surface area contributed by atoms with Gasteiger partial charge in [-0.25, -0.2) is 19.6 Å². The van der Waals surface area contributed by atoms with E-state index in [4.69, 9.17) is 33.0 Å². The second-order valence-electron chi connectivity index (χ2n) is 15.7. The Balaban J connectivity index is 1.28. The van der Waals surface area contributed by atoms with Gasteiger partial charge in [0.05, 0.1) is 39.9 Å². The SMILES string of the molecule is CCCCOP(OC1CC(n2cnc3c(NC(=O)c4ccccc4)ncnc32)OC1COC(c1ccccc1)(c1ccc(OC)cc1)c1ccc(OC)cc1)N(C(C)C)C(C)C. The fourth-order valence-electron chi connectivity index (χ4n) is 7.86. The van der Waals surface area contributed by atoms with Crippen LogP contribution in [0.15, 0.2) is 122 Å². The van der Waals surface area contributed by atoms with Crippen LogP contribution in [0.2, 0.25) is 0 Å². The third kappa shape index (κ3) is 9.84. The van der Waals surface area contributed by atoms with E-state index < -0.39 is 32.6 Å². The van der Waals surface area contributed by atoms with Crippen molar-refractivity contribution >= 4 is 31.4 Å². The van der Waals surface area contributed by atoms with Crippen LogP contribution < -0.4 is 14.8 Å². The summed E-state index contributed by atoms with van der Waals surface area (Å²) in [6.07, 6.45) is 3.86. The molecule has 4 unspecified atom stereocenters. The number of fused-ring (bicyclic) bond motifs is 1. The first-order valence-electron chi connectivity index (χ1n) is 21.2. The van der Waals surface area contributed by atoms with E-state index in [0.29, 0.717) is 35.6 Å². The number of carbonyl (C=O) groups excluding carboxylic acids is 1. The molecule has 0 bridgehead atoms. The Morgan fingerprint density at radius 3 is 2.02 bits per heavy atom. The predicted molar refractivity (Wildman–Crippen MR) is 241 cm³/mol. The molecule has 0 aliphatic carbocycles. The lowest BCUT2D eigenvalue weighted by Crippen LogP contribution is -2.39. The Kier molecular flexibility index (Phi) is 15.0. The van der Waals surface area contributed by atoms with Crippen LogP contribution in [0.25, 0.3) is 11.2 Å². The monoisotopic (exact) mass is 860 g/mol. The lowest BCUT2D eigenvalue weighted by atomic mass is 9.80. The maximum Gasteiger partial charge on any atom is 0.259 e. The first kappa shape index (κ1) is 44.8. The summed E-state index contributed by atoms with van der Waals surface area (Å²) in [7, 11) is 1.81. The third-order valence-electron chi connectivity index (χ3n) is 10.9. The smallest absolute Gasteiger partial charge is 0.259 e. The van der Waals surface area contributed by atoms with Crippen LogP contribution in [0.4, 0.5) is 5.82 Å². The number of amides is 1. The summed E-state index contributed by atoms with van der Waals surface area (Å²) in [6.45, 7) is 11.5. The molecular weight excluding hydrogens is 804 g/mol. The first-order chi connectivity index (χ1) is 30.2. The highest BCUT2D eigenvalue weighted by Crippen LogP contribution is 2.51. The quantitative estimate of drug-likeness (QED) is 0.0447. The van der Waals surface area contributed by atoms with Crippen molar-refractivity contribution in [2.45, 2.75) is 90.0 Å². The van der Waals surface area contributed by atoms with Crippen molar-refractivity contribution in [3.63, 3.8) is 0 Å². The molecule has 1 aliphatic rings. The lowest BCUT2D eigenvalue weighted by molar-refractivity contribution is -0.0912. The van der Waals surface area contributed by atoms with Crippen LogP contribution in [0, 0.1) is 0 Å². The van der Waals surface area contributed by atoms with Crippen LogP contribution in [-0.2, 0) is 24.1 Å².